The third kappa shape index (κ3) is 3.35. The summed E-state index contributed by atoms with van der Waals surface area (Å²) in [7, 11) is 3.73. The van der Waals surface area contributed by atoms with Crippen molar-refractivity contribution >= 4 is 0 Å². The van der Waals surface area contributed by atoms with Crippen LogP contribution in [0.15, 0.2) is 12.4 Å². The molecule has 5 nitrogen and oxygen atoms in total. The number of aryl methyl sites for hydroxylation is 1. The summed E-state index contributed by atoms with van der Waals surface area (Å²) in [5.74, 6) is 0.633. The Balaban J connectivity index is 2.11. The second-order valence-corrected chi connectivity index (χ2v) is 5.57. The summed E-state index contributed by atoms with van der Waals surface area (Å²) in [4.78, 5) is 2.49. The molecule has 19 heavy (non-hydrogen) atoms. The zero-order chi connectivity index (χ0) is 13.8. The van der Waals surface area contributed by atoms with Gasteiger partial charge in [-0.2, -0.15) is 5.10 Å². The Morgan fingerprint density at radius 1 is 1.58 bits per heavy atom. The quantitative estimate of drug-likeness (QED) is 0.839. The van der Waals surface area contributed by atoms with Gasteiger partial charge < -0.3 is 10.5 Å². The van der Waals surface area contributed by atoms with Crippen molar-refractivity contribution in [3.05, 3.63) is 18.0 Å². The second kappa shape index (κ2) is 6.50. The maximum Gasteiger partial charge on any atom is 0.0538 e. The van der Waals surface area contributed by atoms with Gasteiger partial charge in [0.1, 0.15) is 0 Å². The summed E-state index contributed by atoms with van der Waals surface area (Å²) in [6.07, 6.45) is 6.21. The molecule has 3 atom stereocenters. The van der Waals surface area contributed by atoms with Crippen LogP contribution in [-0.2, 0) is 11.8 Å². The Morgan fingerprint density at radius 3 is 2.95 bits per heavy atom. The van der Waals surface area contributed by atoms with Gasteiger partial charge in [0.25, 0.3) is 0 Å². The van der Waals surface area contributed by atoms with Crippen LogP contribution in [0.1, 0.15) is 31.4 Å². The van der Waals surface area contributed by atoms with Gasteiger partial charge in [-0.25, -0.2) is 0 Å². The molecule has 0 spiro atoms. The number of methoxy groups -OCH3 is 1. The number of nitrogens with zero attached hydrogens (tertiary/aromatic N) is 3. The van der Waals surface area contributed by atoms with E-state index in [2.05, 4.69) is 23.1 Å². The fraction of sp³-hybridized carbons (Fsp3) is 0.786. The van der Waals surface area contributed by atoms with Crippen LogP contribution in [0, 0.1) is 5.92 Å². The predicted molar refractivity (Wildman–Crippen MR) is 75.8 cm³/mol. The molecule has 1 saturated heterocycles. The van der Waals surface area contributed by atoms with Gasteiger partial charge in [-0.05, 0) is 25.3 Å². The number of likely N-dealkylation sites (tertiary alicyclic amines) is 1. The number of ether oxygens (including phenoxy) is 1. The van der Waals surface area contributed by atoms with Gasteiger partial charge >= 0.3 is 0 Å². The average Bonchev–Trinajstić information content (AvgIpc) is 3.00. The highest BCUT2D eigenvalue weighted by Gasteiger charge is 2.32. The lowest BCUT2D eigenvalue weighted by atomic mass is 9.99. The predicted octanol–water partition coefficient (Wildman–Crippen LogP) is 1.17. The maximum atomic E-state index is 6.35. The van der Waals surface area contributed by atoms with E-state index in [0.29, 0.717) is 5.92 Å². The number of rotatable bonds is 6. The molecule has 1 aromatic heterocycles. The topological polar surface area (TPSA) is 56.3 Å². The first-order valence-corrected chi connectivity index (χ1v) is 7.12. The first-order valence-electron chi connectivity index (χ1n) is 7.12. The van der Waals surface area contributed by atoms with E-state index in [-0.39, 0.29) is 12.1 Å². The van der Waals surface area contributed by atoms with E-state index in [0.717, 1.165) is 26.1 Å². The molecule has 0 amide bonds. The third-order valence-corrected chi connectivity index (χ3v) is 4.06. The summed E-state index contributed by atoms with van der Waals surface area (Å²) in [5.41, 5.74) is 7.58. The molecule has 3 unspecified atom stereocenters. The summed E-state index contributed by atoms with van der Waals surface area (Å²) in [6, 6.07) is 0.436. The fourth-order valence-electron chi connectivity index (χ4n) is 3.03. The molecule has 1 aliphatic rings. The molecule has 1 aliphatic heterocycles. The normalized spacial score (nSPS) is 23.7. The monoisotopic (exact) mass is 266 g/mol. The Bertz CT molecular complexity index is 393. The summed E-state index contributed by atoms with van der Waals surface area (Å²) in [5, 5.41) is 4.29. The Morgan fingerprint density at radius 2 is 2.37 bits per heavy atom. The molecule has 0 radical (unpaired) electrons. The molecule has 0 aromatic carbocycles. The van der Waals surface area contributed by atoms with E-state index < -0.39 is 0 Å². The molecule has 0 bridgehead atoms. The summed E-state index contributed by atoms with van der Waals surface area (Å²) < 4.78 is 7.13. The van der Waals surface area contributed by atoms with Crippen molar-refractivity contribution in [2.45, 2.75) is 31.8 Å². The smallest absolute Gasteiger partial charge is 0.0538 e. The van der Waals surface area contributed by atoms with E-state index in [9.17, 15) is 0 Å². The molecule has 5 heteroatoms. The molecule has 2 N–H and O–H groups in total. The molecule has 1 aromatic rings. The zero-order valence-corrected chi connectivity index (χ0v) is 12.2. The molecule has 2 rings (SSSR count). The molecule has 0 aliphatic carbocycles. The fourth-order valence-corrected chi connectivity index (χ4v) is 3.03. The SMILES string of the molecule is CCC(N)C(c1cnn(C)c1)N1CCC(COC)C1. The lowest BCUT2D eigenvalue weighted by Gasteiger charge is -2.31. The minimum absolute atomic E-state index is 0.158. The molecule has 2 heterocycles. The summed E-state index contributed by atoms with van der Waals surface area (Å²) >= 11 is 0. The van der Waals surface area contributed by atoms with E-state index in [1.165, 1.54) is 12.0 Å². The van der Waals surface area contributed by atoms with Crippen LogP contribution in [0.2, 0.25) is 0 Å². The standard InChI is InChI=1S/C14H26N4O/c1-4-13(15)14(12-7-16-17(2)9-12)18-6-5-11(8-18)10-19-3/h7,9,11,13-14H,4-6,8,10,15H2,1-3H3. The van der Waals surface area contributed by atoms with E-state index in [1.807, 2.05) is 17.9 Å². The Labute approximate surface area is 115 Å². The van der Waals surface area contributed by atoms with Gasteiger partial charge in [-0.1, -0.05) is 6.92 Å². The lowest BCUT2D eigenvalue weighted by Crippen LogP contribution is -2.39. The van der Waals surface area contributed by atoms with Crippen LogP contribution in [0.25, 0.3) is 0 Å². The minimum atomic E-state index is 0.158. The van der Waals surface area contributed by atoms with Crippen molar-refractivity contribution in [2.24, 2.45) is 18.7 Å². The minimum Gasteiger partial charge on any atom is -0.384 e. The van der Waals surface area contributed by atoms with Crippen LogP contribution >= 0.6 is 0 Å². The first kappa shape index (κ1) is 14.5. The zero-order valence-electron chi connectivity index (χ0n) is 12.2. The van der Waals surface area contributed by atoms with Crippen LogP contribution in [0.3, 0.4) is 0 Å². The van der Waals surface area contributed by atoms with Crippen molar-refractivity contribution in [2.75, 3.05) is 26.8 Å². The lowest BCUT2D eigenvalue weighted by molar-refractivity contribution is 0.142. The highest BCUT2D eigenvalue weighted by Crippen LogP contribution is 2.30. The molecule has 0 saturated carbocycles. The van der Waals surface area contributed by atoms with Crippen molar-refractivity contribution in [1.29, 1.82) is 0 Å². The van der Waals surface area contributed by atoms with Gasteiger partial charge in [0, 0.05) is 38.5 Å². The Kier molecular flexibility index (Phi) is 4.96. The van der Waals surface area contributed by atoms with Crippen LogP contribution in [0.4, 0.5) is 0 Å². The van der Waals surface area contributed by atoms with Gasteiger partial charge in [0.15, 0.2) is 0 Å². The molecule has 108 valence electrons. The maximum absolute atomic E-state index is 6.35. The van der Waals surface area contributed by atoms with E-state index in [4.69, 9.17) is 10.5 Å². The Hall–Kier alpha value is -0.910. The first-order chi connectivity index (χ1) is 9.15. The summed E-state index contributed by atoms with van der Waals surface area (Å²) in [6.45, 7) is 5.16. The molecular weight excluding hydrogens is 240 g/mol. The van der Waals surface area contributed by atoms with E-state index >= 15 is 0 Å². The van der Waals surface area contributed by atoms with Crippen molar-refractivity contribution in [1.82, 2.24) is 14.7 Å². The van der Waals surface area contributed by atoms with Crippen LogP contribution in [0.5, 0.6) is 0 Å². The van der Waals surface area contributed by atoms with Crippen LogP contribution in [-0.4, -0.2) is 47.5 Å². The average molecular weight is 266 g/mol. The van der Waals surface area contributed by atoms with Gasteiger partial charge in [0.2, 0.25) is 0 Å². The third-order valence-electron chi connectivity index (χ3n) is 4.06. The van der Waals surface area contributed by atoms with Gasteiger partial charge in [0.05, 0.1) is 18.8 Å². The molecule has 1 fully saturated rings. The van der Waals surface area contributed by atoms with Gasteiger partial charge in [-0.15, -0.1) is 0 Å². The highest BCUT2D eigenvalue weighted by atomic mass is 16.5. The van der Waals surface area contributed by atoms with Crippen molar-refractivity contribution in [3.63, 3.8) is 0 Å². The molecular formula is C14H26N4O. The second-order valence-electron chi connectivity index (χ2n) is 5.57. The highest BCUT2D eigenvalue weighted by molar-refractivity contribution is 5.14. The van der Waals surface area contributed by atoms with E-state index in [1.54, 1.807) is 7.11 Å². The number of hydrogen-bond donors (Lipinski definition) is 1. The number of aromatic nitrogens is 2. The van der Waals surface area contributed by atoms with Crippen LogP contribution < -0.4 is 5.73 Å². The number of nitrogens with two attached hydrogens (primary N) is 1. The number of hydrogen-bond acceptors (Lipinski definition) is 4. The van der Waals surface area contributed by atoms with Crippen molar-refractivity contribution in [3.8, 4) is 0 Å². The van der Waals surface area contributed by atoms with Crippen molar-refractivity contribution < 1.29 is 4.74 Å². The van der Waals surface area contributed by atoms with Gasteiger partial charge in [-0.3, -0.25) is 9.58 Å². The largest absolute Gasteiger partial charge is 0.384 e.